The van der Waals surface area contributed by atoms with Gasteiger partial charge in [0.25, 0.3) is 0 Å². The second kappa shape index (κ2) is 5.99. The molecule has 0 fully saturated rings. The van der Waals surface area contributed by atoms with Gasteiger partial charge < -0.3 is 20.8 Å². The van der Waals surface area contributed by atoms with Crippen LogP contribution in [0.1, 0.15) is 5.69 Å². The van der Waals surface area contributed by atoms with Crippen molar-refractivity contribution < 1.29 is 10.2 Å². The normalized spacial score (nSPS) is 10.1. The Morgan fingerprint density at radius 2 is 1.88 bits per heavy atom. The maximum absolute atomic E-state index is 8.84. The predicted octanol–water partition coefficient (Wildman–Crippen LogP) is -1.45. The Morgan fingerprint density at radius 3 is 2.25 bits per heavy atom. The largest absolute Gasteiger partial charge is 0.395 e. The monoisotopic (exact) mass is 225 g/mol. The number of nitrogen functional groups attached to an aromatic ring is 1. The van der Waals surface area contributed by atoms with Gasteiger partial charge in [0.15, 0.2) is 0 Å². The molecule has 0 saturated carbocycles. The van der Waals surface area contributed by atoms with Crippen LogP contribution in [-0.4, -0.2) is 52.3 Å². The van der Waals surface area contributed by atoms with Crippen molar-refractivity contribution in [3.05, 3.63) is 18.1 Å². The van der Waals surface area contributed by atoms with Gasteiger partial charge in [0, 0.05) is 13.1 Å². The van der Waals surface area contributed by atoms with Crippen LogP contribution < -0.4 is 10.6 Å². The fraction of sp³-hybridized carbons (Fsp3) is 0.444. The molecule has 0 aliphatic carbocycles. The number of aliphatic hydroxyl groups excluding tert-OH is 2. The number of hydrogen-bond donors (Lipinski definition) is 4. The highest BCUT2D eigenvalue weighted by Gasteiger charge is 2.07. The Labute approximate surface area is 93.1 Å². The van der Waals surface area contributed by atoms with Crippen LogP contribution in [0.4, 0.5) is 5.82 Å². The molecule has 1 heterocycles. The maximum Gasteiger partial charge on any atom is 0.147 e. The van der Waals surface area contributed by atoms with Crippen molar-refractivity contribution in [1.82, 2.24) is 9.97 Å². The Bertz CT molecular complexity index is 334. The average molecular weight is 225 g/mol. The third-order valence-corrected chi connectivity index (χ3v) is 1.98. The first-order chi connectivity index (χ1) is 7.69. The minimum absolute atomic E-state index is 0.0316. The van der Waals surface area contributed by atoms with E-state index in [9.17, 15) is 0 Å². The van der Waals surface area contributed by atoms with Crippen molar-refractivity contribution in [2.24, 2.45) is 5.73 Å². The van der Waals surface area contributed by atoms with E-state index >= 15 is 0 Å². The third kappa shape index (κ3) is 3.14. The van der Waals surface area contributed by atoms with Crippen molar-refractivity contribution in [3.8, 4) is 0 Å². The molecule has 7 heteroatoms. The lowest BCUT2D eigenvalue weighted by atomic mass is 10.4. The Hall–Kier alpha value is -1.73. The summed E-state index contributed by atoms with van der Waals surface area (Å²) in [5, 5.41) is 24.8. The zero-order valence-electron chi connectivity index (χ0n) is 8.80. The molecule has 0 aromatic carbocycles. The van der Waals surface area contributed by atoms with E-state index in [2.05, 4.69) is 9.97 Å². The quantitative estimate of drug-likeness (QED) is 0.347. The zero-order valence-corrected chi connectivity index (χ0v) is 8.80. The molecule has 0 aliphatic heterocycles. The Balaban J connectivity index is 2.80. The molecule has 0 atom stereocenters. The van der Waals surface area contributed by atoms with Crippen LogP contribution in [0.25, 0.3) is 0 Å². The number of nitrogens with zero attached hydrogens (tertiary/aromatic N) is 3. The molecular formula is C9H15N5O2. The van der Waals surface area contributed by atoms with Gasteiger partial charge in [-0.25, -0.2) is 9.97 Å². The molecule has 16 heavy (non-hydrogen) atoms. The second-order valence-electron chi connectivity index (χ2n) is 3.11. The molecule has 0 saturated heterocycles. The highest BCUT2D eigenvalue weighted by Crippen LogP contribution is 2.07. The lowest BCUT2D eigenvalue weighted by molar-refractivity contribution is 0.280. The third-order valence-electron chi connectivity index (χ3n) is 1.98. The van der Waals surface area contributed by atoms with Crippen molar-refractivity contribution in [3.63, 3.8) is 0 Å². The number of amidine groups is 1. The fourth-order valence-electron chi connectivity index (χ4n) is 1.21. The van der Waals surface area contributed by atoms with Crippen molar-refractivity contribution in [2.75, 3.05) is 31.2 Å². The van der Waals surface area contributed by atoms with Crippen LogP contribution in [0.5, 0.6) is 0 Å². The number of rotatable bonds is 6. The van der Waals surface area contributed by atoms with E-state index in [-0.39, 0.29) is 19.0 Å². The maximum atomic E-state index is 8.84. The molecule has 0 radical (unpaired) electrons. The number of nitrogens with one attached hydrogen (secondary N) is 1. The minimum Gasteiger partial charge on any atom is -0.395 e. The molecule has 0 bridgehead atoms. The minimum atomic E-state index is -0.144. The predicted molar refractivity (Wildman–Crippen MR) is 59.4 cm³/mol. The Morgan fingerprint density at radius 1 is 1.25 bits per heavy atom. The van der Waals surface area contributed by atoms with Crippen LogP contribution in [0, 0.1) is 5.41 Å². The van der Waals surface area contributed by atoms with Gasteiger partial charge in [-0.05, 0) is 0 Å². The summed E-state index contributed by atoms with van der Waals surface area (Å²) in [5.74, 6) is 0.392. The molecule has 1 rings (SSSR count). The molecule has 0 unspecified atom stereocenters. The van der Waals surface area contributed by atoms with E-state index in [1.165, 1.54) is 12.4 Å². The summed E-state index contributed by atoms with van der Waals surface area (Å²) in [6, 6.07) is 0. The van der Waals surface area contributed by atoms with Gasteiger partial charge in [0.05, 0.1) is 25.6 Å². The lowest BCUT2D eigenvalue weighted by Gasteiger charge is -2.21. The van der Waals surface area contributed by atoms with E-state index in [4.69, 9.17) is 21.4 Å². The number of aromatic nitrogens is 2. The number of hydrogen-bond acceptors (Lipinski definition) is 6. The number of nitrogens with two attached hydrogens (primary N) is 1. The van der Waals surface area contributed by atoms with Crippen molar-refractivity contribution >= 4 is 11.7 Å². The van der Waals surface area contributed by atoms with Gasteiger partial charge in [-0.15, -0.1) is 0 Å². The smallest absolute Gasteiger partial charge is 0.147 e. The molecule has 88 valence electrons. The summed E-state index contributed by atoms with van der Waals surface area (Å²) in [4.78, 5) is 9.70. The molecule has 1 aromatic heterocycles. The highest BCUT2D eigenvalue weighted by atomic mass is 16.3. The zero-order chi connectivity index (χ0) is 12.0. The summed E-state index contributed by atoms with van der Waals surface area (Å²) < 4.78 is 0. The summed E-state index contributed by atoms with van der Waals surface area (Å²) >= 11 is 0. The number of aliphatic hydroxyl groups is 2. The van der Waals surface area contributed by atoms with E-state index < -0.39 is 0 Å². The highest BCUT2D eigenvalue weighted by molar-refractivity contribution is 5.92. The van der Waals surface area contributed by atoms with Crippen molar-refractivity contribution in [1.29, 1.82) is 5.41 Å². The van der Waals surface area contributed by atoms with E-state index in [0.29, 0.717) is 24.6 Å². The van der Waals surface area contributed by atoms with Gasteiger partial charge >= 0.3 is 0 Å². The van der Waals surface area contributed by atoms with E-state index in [1.54, 1.807) is 4.90 Å². The first-order valence-corrected chi connectivity index (χ1v) is 4.82. The number of anilines is 1. The first kappa shape index (κ1) is 12.3. The molecule has 5 N–H and O–H groups in total. The van der Waals surface area contributed by atoms with Gasteiger partial charge in [-0.1, -0.05) is 0 Å². The second-order valence-corrected chi connectivity index (χ2v) is 3.11. The van der Waals surface area contributed by atoms with E-state index in [1.807, 2.05) is 0 Å². The standard InChI is InChI=1S/C9H15N5O2/c10-9(11)7-5-13-8(6-12-7)14(1-3-15)2-4-16/h5-6,15-16H,1-4H2,(H3,10,11). The SMILES string of the molecule is N=C(N)c1cnc(N(CCO)CCO)cn1. The lowest BCUT2D eigenvalue weighted by Crippen LogP contribution is -2.30. The van der Waals surface area contributed by atoms with Crippen molar-refractivity contribution in [2.45, 2.75) is 0 Å². The van der Waals surface area contributed by atoms with Crippen LogP contribution in [0.15, 0.2) is 12.4 Å². The summed E-state index contributed by atoms with van der Waals surface area (Å²) in [5.41, 5.74) is 5.55. The summed E-state index contributed by atoms with van der Waals surface area (Å²) in [6.07, 6.45) is 2.85. The van der Waals surface area contributed by atoms with Gasteiger partial charge in [-0.3, -0.25) is 5.41 Å². The van der Waals surface area contributed by atoms with E-state index in [0.717, 1.165) is 0 Å². The van der Waals surface area contributed by atoms with Gasteiger partial charge in [0.2, 0.25) is 0 Å². The first-order valence-electron chi connectivity index (χ1n) is 4.82. The summed E-state index contributed by atoms with van der Waals surface area (Å²) in [7, 11) is 0. The Kier molecular flexibility index (Phi) is 4.62. The van der Waals surface area contributed by atoms with Crippen LogP contribution in [0.2, 0.25) is 0 Å². The van der Waals surface area contributed by atoms with Crippen LogP contribution >= 0.6 is 0 Å². The average Bonchev–Trinajstić information content (AvgIpc) is 2.29. The summed E-state index contributed by atoms with van der Waals surface area (Å²) in [6.45, 7) is 0.676. The molecule has 0 aliphatic rings. The van der Waals surface area contributed by atoms with Crippen LogP contribution in [0.3, 0.4) is 0 Å². The molecule has 0 spiro atoms. The topological polar surface area (TPSA) is 119 Å². The molecular weight excluding hydrogens is 210 g/mol. The molecule has 0 amide bonds. The van der Waals surface area contributed by atoms with Gasteiger partial charge in [0.1, 0.15) is 17.3 Å². The fourth-order valence-corrected chi connectivity index (χ4v) is 1.21. The van der Waals surface area contributed by atoms with Crippen LogP contribution in [-0.2, 0) is 0 Å². The molecule has 7 nitrogen and oxygen atoms in total. The molecule has 1 aromatic rings. The van der Waals surface area contributed by atoms with Gasteiger partial charge in [-0.2, -0.15) is 0 Å².